The predicted octanol–water partition coefficient (Wildman–Crippen LogP) is 1.71. The van der Waals surface area contributed by atoms with E-state index in [1.807, 2.05) is 0 Å². The molecule has 1 aliphatic carbocycles. The summed E-state index contributed by atoms with van der Waals surface area (Å²) < 4.78 is 0. The van der Waals surface area contributed by atoms with Crippen molar-refractivity contribution in [3.05, 3.63) is 0 Å². The second-order valence-electron chi connectivity index (χ2n) is 6.56. The van der Waals surface area contributed by atoms with Gasteiger partial charge in [0.25, 0.3) is 0 Å². The average Bonchev–Trinajstić information content (AvgIpc) is 2.92. The van der Waals surface area contributed by atoms with Crippen LogP contribution in [-0.2, 0) is 0 Å². The Balaban J connectivity index is 1.48. The van der Waals surface area contributed by atoms with Gasteiger partial charge in [0.05, 0.1) is 6.10 Å². The third-order valence-electron chi connectivity index (χ3n) is 5.31. The lowest BCUT2D eigenvalue weighted by Crippen LogP contribution is -2.56. The Hall–Kier alpha value is -0.120. The molecule has 18 heavy (non-hydrogen) atoms. The van der Waals surface area contributed by atoms with E-state index >= 15 is 0 Å². The number of fused-ring (bicyclic) bond motifs is 1. The maximum atomic E-state index is 10.3. The number of hydrogen-bond donors (Lipinski definition) is 1. The lowest BCUT2D eigenvalue weighted by molar-refractivity contribution is 0.00886. The van der Waals surface area contributed by atoms with Crippen LogP contribution < -0.4 is 0 Å². The molecule has 3 heteroatoms. The third kappa shape index (κ3) is 2.89. The highest BCUT2D eigenvalue weighted by Crippen LogP contribution is 2.29. The quantitative estimate of drug-likeness (QED) is 0.828. The summed E-state index contributed by atoms with van der Waals surface area (Å²) in [5.41, 5.74) is 0. The molecule has 0 aromatic carbocycles. The molecule has 3 nitrogen and oxygen atoms in total. The van der Waals surface area contributed by atoms with E-state index in [4.69, 9.17) is 0 Å². The van der Waals surface area contributed by atoms with Crippen molar-refractivity contribution in [3.63, 3.8) is 0 Å². The number of aliphatic hydroxyl groups is 1. The molecule has 1 saturated carbocycles. The molecule has 2 aliphatic heterocycles. The van der Waals surface area contributed by atoms with Gasteiger partial charge in [-0.1, -0.05) is 19.3 Å². The molecule has 0 spiro atoms. The van der Waals surface area contributed by atoms with Crippen molar-refractivity contribution in [2.75, 3.05) is 32.7 Å². The van der Waals surface area contributed by atoms with Crippen molar-refractivity contribution >= 4 is 0 Å². The van der Waals surface area contributed by atoms with Gasteiger partial charge >= 0.3 is 0 Å². The molecule has 2 saturated heterocycles. The Kier molecular flexibility index (Phi) is 4.22. The third-order valence-corrected chi connectivity index (χ3v) is 5.31. The number of aliphatic hydroxyl groups excluding tert-OH is 1. The van der Waals surface area contributed by atoms with E-state index in [-0.39, 0.29) is 6.10 Å². The average molecular weight is 252 g/mol. The lowest BCUT2D eigenvalue weighted by Gasteiger charge is -2.44. The van der Waals surface area contributed by atoms with Crippen LogP contribution in [0.2, 0.25) is 0 Å². The van der Waals surface area contributed by atoms with Crippen LogP contribution in [0, 0.1) is 5.92 Å². The minimum absolute atomic E-state index is 0.0670. The molecular weight excluding hydrogens is 224 g/mol. The van der Waals surface area contributed by atoms with Crippen molar-refractivity contribution < 1.29 is 5.11 Å². The lowest BCUT2D eigenvalue weighted by atomic mass is 9.97. The molecule has 0 bridgehead atoms. The molecule has 3 rings (SSSR count). The molecule has 0 aromatic heterocycles. The summed E-state index contributed by atoms with van der Waals surface area (Å²) in [5.74, 6) is 0.592. The van der Waals surface area contributed by atoms with E-state index in [2.05, 4.69) is 9.80 Å². The predicted molar refractivity (Wildman–Crippen MR) is 73.6 cm³/mol. The van der Waals surface area contributed by atoms with Gasteiger partial charge in [-0.05, 0) is 38.1 Å². The molecule has 104 valence electrons. The van der Waals surface area contributed by atoms with E-state index in [9.17, 15) is 5.11 Å². The monoisotopic (exact) mass is 252 g/mol. The zero-order chi connectivity index (χ0) is 12.4. The molecule has 0 radical (unpaired) electrons. The fourth-order valence-electron chi connectivity index (χ4n) is 4.14. The first-order valence-corrected chi connectivity index (χ1v) is 7.97. The zero-order valence-electron chi connectivity index (χ0n) is 11.6. The zero-order valence-corrected chi connectivity index (χ0v) is 11.6. The van der Waals surface area contributed by atoms with Gasteiger partial charge in [-0.25, -0.2) is 0 Å². The van der Waals surface area contributed by atoms with Gasteiger partial charge in [0.15, 0.2) is 0 Å². The SMILES string of the molecule is OC(CN1CCN2CCCCC2C1)C1CCCC1. The van der Waals surface area contributed by atoms with Crippen molar-refractivity contribution in [2.45, 2.75) is 57.1 Å². The van der Waals surface area contributed by atoms with E-state index in [0.29, 0.717) is 5.92 Å². The summed E-state index contributed by atoms with van der Waals surface area (Å²) in [7, 11) is 0. The Morgan fingerprint density at radius 2 is 1.72 bits per heavy atom. The first-order valence-electron chi connectivity index (χ1n) is 7.97. The minimum Gasteiger partial charge on any atom is -0.392 e. The van der Waals surface area contributed by atoms with Gasteiger partial charge in [-0.15, -0.1) is 0 Å². The van der Waals surface area contributed by atoms with Crippen LogP contribution in [0.15, 0.2) is 0 Å². The van der Waals surface area contributed by atoms with Crippen molar-refractivity contribution in [2.24, 2.45) is 5.92 Å². The molecule has 2 heterocycles. The fourth-order valence-corrected chi connectivity index (χ4v) is 4.14. The van der Waals surface area contributed by atoms with Gasteiger partial charge in [0, 0.05) is 32.2 Å². The molecule has 2 atom stereocenters. The number of hydrogen-bond acceptors (Lipinski definition) is 3. The second-order valence-corrected chi connectivity index (χ2v) is 6.56. The van der Waals surface area contributed by atoms with E-state index in [1.165, 1.54) is 71.1 Å². The summed E-state index contributed by atoms with van der Waals surface area (Å²) in [4.78, 5) is 5.19. The smallest absolute Gasteiger partial charge is 0.0695 e. The summed E-state index contributed by atoms with van der Waals surface area (Å²) in [5, 5.41) is 10.3. The summed E-state index contributed by atoms with van der Waals surface area (Å²) >= 11 is 0. The van der Waals surface area contributed by atoms with Crippen LogP contribution in [0.25, 0.3) is 0 Å². The Bertz CT molecular complexity index is 265. The Morgan fingerprint density at radius 1 is 0.944 bits per heavy atom. The maximum Gasteiger partial charge on any atom is 0.0695 e. The van der Waals surface area contributed by atoms with Crippen molar-refractivity contribution in [3.8, 4) is 0 Å². The normalized spacial score (nSPS) is 33.5. The first-order chi connectivity index (χ1) is 8.83. The summed E-state index contributed by atoms with van der Waals surface area (Å²) in [6, 6.07) is 0.781. The van der Waals surface area contributed by atoms with E-state index in [0.717, 1.165) is 12.6 Å². The van der Waals surface area contributed by atoms with Gasteiger partial charge in [0.1, 0.15) is 0 Å². The minimum atomic E-state index is -0.0670. The summed E-state index contributed by atoms with van der Waals surface area (Å²) in [6.07, 6.45) is 9.27. The van der Waals surface area contributed by atoms with Crippen molar-refractivity contribution in [1.82, 2.24) is 9.80 Å². The highest BCUT2D eigenvalue weighted by atomic mass is 16.3. The van der Waals surface area contributed by atoms with Crippen LogP contribution in [-0.4, -0.2) is 59.8 Å². The Labute approximate surface area is 111 Å². The van der Waals surface area contributed by atoms with Crippen LogP contribution in [0.4, 0.5) is 0 Å². The van der Waals surface area contributed by atoms with Gasteiger partial charge in [-0.3, -0.25) is 9.80 Å². The highest BCUT2D eigenvalue weighted by molar-refractivity contribution is 4.87. The first kappa shape index (κ1) is 12.9. The van der Waals surface area contributed by atoms with Crippen LogP contribution in [0.1, 0.15) is 44.9 Å². The second kappa shape index (κ2) is 5.89. The molecule has 0 amide bonds. The van der Waals surface area contributed by atoms with Crippen LogP contribution >= 0.6 is 0 Å². The van der Waals surface area contributed by atoms with Crippen LogP contribution in [0.5, 0.6) is 0 Å². The van der Waals surface area contributed by atoms with Gasteiger partial charge < -0.3 is 5.11 Å². The molecule has 3 fully saturated rings. The van der Waals surface area contributed by atoms with Gasteiger partial charge in [0.2, 0.25) is 0 Å². The van der Waals surface area contributed by atoms with E-state index in [1.54, 1.807) is 0 Å². The number of nitrogens with zero attached hydrogens (tertiary/aromatic N) is 2. The standard InChI is InChI=1S/C15H28N2O/c18-15(13-5-1-2-6-13)12-16-9-10-17-8-4-3-7-14(17)11-16/h13-15,18H,1-12H2. The highest BCUT2D eigenvalue weighted by Gasteiger charge is 2.31. The summed E-state index contributed by atoms with van der Waals surface area (Å²) in [6.45, 7) is 5.82. The number of piperazine rings is 1. The molecule has 0 aromatic rings. The Morgan fingerprint density at radius 3 is 2.56 bits per heavy atom. The molecule has 3 aliphatic rings. The topological polar surface area (TPSA) is 26.7 Å². The largest absolute Gasteiger partial charge is 0.392 e. The molecule has 2 unspecified atom stereocenters. The molecule has 1 N–H and O–H groups in total. The number of rotatable bonds is 3. The maximum absolute atomic E-state index is 10.3. The number of β-amino-alcohol motifs (C(OH)–C–C–N with tert-alkyl or cyclic N) is 1. The van der Waals surface area contributed by atoms with E-state index < -0.39 is 0 Å². The van der Waals surface area contributed by atoms with Crippen LogP contribution in [0.3, 0.4) is 0 Å². The molecular formula is C15H28N2O. The fraction of sp³-hybridized carbons (Fsp3) is 1.00. The van der Waals surface area contributed by atoms with Crippen molar-refractivity contribution in [1.29, 1.82) is 0 Å². The van der Waals surface area contributed by atoms with Gasteiger partial charge in [-0.2, -0.15) is 0 Å². The number of piperidine rings is 1.